The lowest BCUT2D eigenvalue weighted by molar-refractivity contribution is 0.551. The fraction of sp³-hybridized carbons (Fsp3) is 0.133. The van der Waals surface area contributed by atoms with Crippen LogP contribution in [0.25, 0.3) is 10.2 Å². The highest BCUT2D eigenvalue weighted by Gasteiger charge is 2.14. The molecule has 0 saturated carbocycles. The molecule has 0 aliphatic rings. The summed E-state index contributed by atoms with van der Waals surface area (Å²) in [5.41, 5.74) is 5.88. The Morgan fingerprint density at radius 2 is 2.10 bits per heavy atom. The summed E-state index contributed by atoms with van der Waals surface area (Å²) in [4.78, 5) is 4.45. The summed E-state index contributed by atoms with van der Waals surface area (Å²) in [5.74, 6) is 5.71. The van der Waals surface area contributed by atoms with Crippen molar-refractivity contribution in [2.24, 2.45) is 5.84 Å². The van der Waals surface area contributed by atoms with Gasteiger partial charge in [0.15, 0.2) is 0 Å². The van der Waals surface area contributed by atoms with E-state index >= 15 is 0 Å². The molecule has 108 valence electrons. The van der Waals surface area contributed by atoms with Crippen molar-refractivity contribution in [2.75, 3.05) is 0 Å². The summed E-state index contributed by atoms with van der Waals surface area (Å²) in [7, 11) is 0. The molecule has 0 radical (unpaired) electrons. The van der Waals surface area contributed by atoms with E-state index < -0.39 is 0 Å². The summed E-state index contributed by atoms with van der Waals surface area (Å²) in [5, 5.41) is 3.30. The summed E-state index contributed by atoms with van der Waals surface area (Å²) in [6.45, 7) is 0. The van der Waals surface area contributed by atoms with Crippen LogP contribution in [0.2, 0.25) is 10.0 Å². The van der Waals surface area contributed by atoms with Gasteiger partial charge < -0.3 is 0 Å². The maximum Gasteiger partial charge on any atom is 0.0809 e. The zero-order valence-electron chi connectivity index (χ0n) is 11.0. The lowest BCUT2D eigenvalue weighted by Gasteiger charge is -2.17. The predicted octanol–water partition coefficient (Wildman–Crippen LogP) is 4.35. The second kappa shape index (κ2) is 6.30. The average Bonchev–Trinajstić information content (AvgIpc) is 2.94. The first kappa shape index (κ1) is 14.8. The molecule has 21 heavy (non-hydrogen) atoms. The molecule has 0 aliphatic heterocycles. The number of nitrogens with two attached hydrogens (primary N) is 1. The third-order valence-corrected chi connectivity index (χ3v) is 4.81. The van der Waals surface area contributed by atoms with E-state index in [4.69, 9.17) is 29.0 Å². The summed E-state index contributed by atoms with van der Waals surface area (Å²) >= 11 is 13.8. The van der Waals surface area contributed by atoms with Crippen LogP contribution in [0.1, 0.15) is 17.2 Å². The summed E-state index contributed by atoms with van der Waals surface area (Å²) < 4.78 is 1.15. The Hall–Kier alpha value is -1.17. The second-order valence-electron chi connectivity index (χ2n) is 4.73. The fourth-order valence-corrected chi connectivity index (χ4v) is 3.51. The largest absolute Gasteiger partial charge is 0.271 e. The van der Waals surface area contributed by atoms with Crippen molar-refractivity contribution in [3.8, 4) is 0 Å². The quantitative estimate of drug-likeness (QED) is 0.549. The van der Waals surface area contributed by atoms with Crippen LogP contribution >= 0.6 is 34.5 Å². The van der Waals surface area contributed by atoms with Crippen LogP contribution in [0.5, 0.6) is 0 Å². The highest BCUT2D eigenvalue weighted by atomic mass is 35.5. The molecule has 3 rings (SSSR count). The van der Waals surface area contributed by atoms with Crippen LogP contribution < -0.4 is 11.3 Å². The summed E-state index contributed by atoms with van der Waals surface area (Å²) in [6.07, 6.45) is 2.52. The van der Waals surface area contributed by atoms with E-state index in [0.717, 1.165) is 21.3 Å². The van der Waals surface area contributed by atoms with Crippen LogP contribution in [0.3, 0.4) is 0 Å². The van der Waals surface area contributed by atoms with Gasteiger partial charge in [-0.3, -0.25) is 16.3 Å². The standard InChI is InChI=1S/C15H13Cl2N3S/c16-11-2-1-9(12(17)7-11)5-14(20-18)10-6-15-13(19-8-10)3-4-21-15/h1-4,6-8,14,20H,5,18H2. The Morgan fingerprint density at radius 3 is 2.86 bits per heavy atom. The Kier molecular flexibility index (Phi) is 4.42. The van der Waals surface area contributed by atoms with E-state index in [0.29, 0.717) is 16.5 Å². The number of halogens is 2. The average molecular weight is 338 g/mol. The monoisotopic (exact) mass is 337 g/mol. The van der Waals surface area contributed by atoms with E-state index in [1.54, 1.807) is 17.4 Å². The number of benzene rings is 1. The first-order valence-electron chi connectivity index (χ1n) is 6.40. The minimum atomic E-state index is -0.0531. The molecule has 0 spiro atoms. The van der Waals surface area contributed by atoms with Gasteiger partial charge in [0.25, 0.3) is 0 Å². The topological polar surface area (TPSA) is 50.9 Å². The predicted molar refractivity (Wildman–Crippen MR) is 89.9 cm³/mol. The molecule has 2 aromatic heterocycles. The first-order valence-corrected chi connectivity index (χ1v) is 8.04. The van der Waals surface area contributed by atoms with Crippen molar-refractivity contribution < 1.29 is 0 Å². The first-order chi connectivity index (χ1) is 10.2. The fourth-order valence-electron chi connectivity index (χ4n) is 2.23. The van der Waals surface area contributed by atoms with Crippen molar-refractivity contribution in [2.45, 2.75) is 12.5 Å². The number of hydrogen-bond acceptors (Lipinski definition) is 4. The molecule has 0 aliphatic carbocycles. The van der Waals surface area contributed by atoms with Crippen LogP contribution in [-0.2, 0) is 6.42 Å². The molecule has 0 saturated heterocycles. The number of fused-ring (bicyclic) bond motifs is 1. The highest BCUT2D eigenvalue weighted by Crippen LogP contribution is 2.28. The van der Waals surface area contributed by atoms with Gasteiger partial charge in [-0.2, -0.15) is 0 Å². The van der Waals surface area contributed by atoms with E-state index in [-0.39, 0.29) is 6.04 Å². The van der Waals surface area contributed by atoms with Crippen molar-refractivity contribution in [1.82, 2.24) is 10.4 Å². The number of hydrogen-bond donors (Lipinski definition) is 2. The van der Waals surface area contributed by atoms with E-state index in [9.17, 15) is 0 Å². The maximum absolute atomic E-state index is 6.23. The third-order valence-electron chi connectivity index (χ3n) is 3.37. The zero-order valence-corrected chi connectivity index (χ0v) is 13.3. The molecule has 1 atom stereocenters. The van der Waals surface area contributed by atoms with Gasteiger partial charge in [0.1, 0.15) is 0 Å². The lowest BCUT2D eigenvalue weighted by Crippen LogP contribution is -2.29. The minimum Gasteiger partial charge on any atom is -0.271 e. The van der Waals surface area contributed by atoms with Gasteiger partial charge in [0.05, 0.1) is 16.3 Å². The van der Waals surface area contributed by atoms with Gasteiger partial charge >= 0.3 is 0 Å². The number of aromatic nitrogens is 1. The van der Waals surface area contributed by atoms with Crippen molar-refractivity contribution in [3.05, 3.63) is 63.1 Å². The molecule has 0 fully saturated rings. The lowest BCUT2D eigenvalue weighted by atomic mass is 10.0. The van der Waals surface area contributed by atoms with Crippen LogP contribution in [0.4, 0.5) is 0 Å². The number of nitrogens with one attached hydrogen (secondary N) is 1. The number of pyridine rings is 1. The SMILES string of the molecule is NNC(Cc1ccc(Cl)cc1Cl)c1cnc2ccsc2c1. The Morgan fingerprint density at radius 1 is 1.24 bits per heavy atom. The number of thiophene rings is 1. The summed E-state index contributed by atoms with van der Waals surface area (Å²) in [6, 6.07) is 9.56. The Balaban J connectivity index is 1.90. The zero-order chi connectivity index (χ0) is 14.8. The van der Waals surface area contributed by atoms with Crippen molar-refractivity contribution in [1.29, 1.82) is 0 Å². The van der Waals surface area contributed by atoms with E-state index in [1.807, 2.05) is 29.8 Å². The molecule has 1 aromatic carbocycles. The molecule has 1 unspecified atom stereocenters. The van der Waals surface area contributed by atoms with Crippen molar-refractivity contribution in [3.63, 3.8) is 0 Å². The molecule has 3 N–H and O–H groups in total. The van der Waals surface area contributed by atoms with Gasteiger partial charge in [-0.25, -0.2) is 0 Å². The van der Waals surface area contributed by atoms with Gasteiger partial charge in [-0.05, 0) is 47.2 Å². The molecule has 2 heterocycles. The Bertz CT molecular complexity index is 772. The molecule has 3 aromatic rings. The third kappa shape index (κ3) is 3.20. The van der Waals surface area contributed by atoms with Gasteiger partial charge in [-0.15, -0.1) is 11.3 Å². The second-order valence-corrected chi connectivity index (χ2v) is 6.52. The van der Waals surface area contributed by atoms with Crippen LogP contribution in [-0.4, -0.2) is 4.98 Å². The highest BCUT2D eigenvalue weighted by molar-refractivity contribution is 7.17. The normalized spacial score (nSPS) is 12.7. The van der Waals surface area contributed by atoms with E-state index in [1.165, 1.54) is 0 Å². The van der Waals surface area contributed by atoms with Gasteiger partial charge in [0, 0.05) is 16.2 Å². The van der Waals surface area contributed by atoms with Gasteiger partial charge in [-0.1, -0.05) is 29.3 Å². The minimum absolute atomic E-state index is 0.0531. The molecule has 0 amide bonds. The Labute approximate surface area is 136 Å². The molecule has 6 heteroatoms. The van der Waals surface area contributed by atoms with Crippen LogP contribution in [0, 0.1) is 0 Å². The van der Waals surface area contributed by atoms with E-state index in [2.05, 4.69) is 16.5 Å². The van der Waals surface area contributed by atoms with Crippen molar-refractivity contribution >= 4 is 44.8 Å². The van der Waals surface area contributed by atoms with Gasteiger partial charge in [0.2, 0.25) is 0 Å². The number of nitrogens with zero attached hydrogens (tertiary/aromatic N) is 1. The molecule has 0 bridgehead atoms. The molecule has 3 nitrogen and oxygen atoms in total. The molecular formula is C15H13Cl2N3S. The number of rotatable bonds is 4. The molecular weight excluding hydrogens is 325 g/mol. The number of hydrazine groups is 1. The maximum atomic E-state index is 6.23. The smallest absolute Gasteiger partial charge is 0.0809 e. The van der Waals surface area contributed by atoms with Crippen LogP contribution in [0.15, 0.2) is 41.9 Å².